The molecule has 0 saturated heterocycles. The van der Waals surface area contributed by atoms with Crippen LogP contribution >= 0.6 is 0 Å². The van der Waals surface area contributed by atoms with Gasteiger partial charge in [-0.15, -0.1) is 0 Å². The molecule has 1 amide bonds. The second kappa shape index (κ2) is 7.82. The summed E-state index contributed by atoms with van der Waals surface area (Å²) >= 11 is 0. The van der Waals surface area contributed by atoms with Gasteiger partial charge in [-0.25, -0.2) is 4.79 Å². The van der Waals surface area contributed by atoms with Crippen LogP contribution in [0.15, 0.2) is 30.3 Å². The molecular weight excluding hydrogens is 288 g/mol. The van der Waals surface area contributed by atoms with E-state index in [2.05, 4.69) is 17.6 Å². The summed E-state index contributed by atoms with van der Waals surface area (Å²) in [5, 5.41) is 6.69. The summed E-state index contributed by atoms with van der Waals surface area (Å²) in [5.74, 6) is 0.845. The van der Waals surface area contributed by atoms with Crippen molar-refractivity contribution in [3.63, 3.8) is 0 Å². The lowest BCUT2D eigenvalue weighted by atomic mass is 9.85. The van der Waals surface area contributed by atoms with Crippen molar-refractivity contribution >= 4 is 6.09 Å². The van der Waals surface area contributed by atoms with Crippen LogP contribution < -0.4 is 10.6 Å². The van der Waals surface area contributed by atoms with Gasteiger partial charge in [-0.2, -0.15) is 0 Å². The number of hydrogen-bond donors (Lipinski definition) is 2. The standard InChI is InChI=1S/C19H28N2O2/c1-14(16-9-5-6-10-16)20-17-11-18(12-17)21-19(22)23-13-15-7-3-2-4-8-15/h2-4,7-8,14,16-18,20H,5-6,9-13H2,1H3,(H,21,22)/t14-,17?,18?/m1/s1. The van der Waals surface area contributed by atoms with E-state index in [-0.39, 0.29) is 12.1 Å². The van der Waals surface area contributed by atoms with Gasteiger partial charge in [0.05, 0.1) is 0 Å². The van der Waals surface area contributed by atoms with Gasteiger partial charge in [0.25, 0.3) is 0 Å². The topological polar surface area (TPSA) is 50.4 Å². The summed E-state index contributed by atoms with van der Waals surface area (Å²) in [6.45, 7) is 2.64. The predicted molar refractivity (Wildman–Crippen MR) is 91.1 cm³/mol. The molecule has 0 aliphatic heterocycles. The second-order valence-corrected chi connectivity index (χ2v) is 7.07. The Bertz CT molecular complexity index is 493. The molecule has 0 aromatic heterocycles. The Morgan fingerprint density at radius 2 is 1.87 bits per heavy atom. The molecule has 2 aliphatic carbocycles. The number of rotatable bonds is 6. The molecule has 1 aromatic rings. The summed E-state index contributed by atoms with van der Waals surface area (Å²) in [7, 11) is 0. The number of nitrogens with one attached hydrogen (secondary N) is 2. The number of carbonyl (C=O) groups excluding carboxylic acids is 1. The zero-order valence-electron chi connectivity index (χ0n) is 14.0. The Morgan fingerprint density at radius 1 is 1.17 bits per heavy atom. The molecule has 4 nitrogen and oxygen atoms in total. The number of ether oxygens (including phenoxy) is 1. The van der Waals surface area contributed by atoms with E-state index in [1.807, 2.05) is 30.3 Å². The number of alkyl carbamates (subject to hydrolysis) is 1. The van der Waals surface area contributed by atoms with Gasteiger partial charge in [-0.1, -0.05) is 43.2 Å². The molecule has 126 valence electrons. The Hall–Kier alpha value is -1.55. The molecule has 0 radical (unpaired) electrons. The maximum atomic E-state index is 11.8. The largest absolute Gasteiger partial charge is 0.445 e. The molecule has 1 aromatic carbocycles. The van der Waals surface area contributed by atoms with E-state index < -0.39 is 0 Å². The fraction of sp³-hybridized carbons (Fsp3) is 0.632. The van der Waals surface area contributed by atoms with Gasteiger partial charge in [0.1, 0.15) is 6.61 Å². The Labute approximate surface area is 139 Å². The van der Waals surface area contributed by atoms with Gasteiger partial charge in [0, 0.05) is 18.1 Å². The molecule has 0 unspecified atom stereocenters. The zero-order chi connectivity index (χ0) is 16.1. The van der Waals surface area contributed by atoms with Crippen molar-refractivity contribution in [1.82, 2.24) is 10.6 Å². The minimum atomic E-state index is -0.304. The third-order valence-electron chi connectivity index (χ3n) is 5.28. The highest BCUT2D eigenvalue weighted by Crippen LogP contribution is 2.29. The first kappa shape index (κ1) is 16.3. The summed E-state index contributed by atoms with van der Waals surface area (Å²) in [6.07, 6.45) is 7.23. The normalized spacial score (nSPS) is 25.6. The highest BCUT2D eigenvalue weighted by atomic mass is 16.5. The van der Waals surface area contributed by atoms with Crippen LogP contribution in [0.4, 0.5) is 4.79 Å². The molecule has 23 heavy (non-hydrogen) atoms. The van der Waals surface area contributed by atoms with Gasteiger partial charge >= 0.3 is 6.09 Å². The molecule has 4 heteroatoms. The Kier molecular flexibility index (Phi) is 5.55. The van der Waals surface area contributed by atoms with Crippen molar-refractivity contribution in [3.05, 3.63) is 35.9 Å². The van der Waals surface area contributed by atoms with Crippen molar-refractivity contribution in [2.24, 2.45) is 5.92 Å². The maximum absolute atomic E-state index is 11.8. The van der Waals surface area contributed by atoms with Crippen molar-refractivity contribution in [2.45, 2.75) is 70.2 Å². The molecule has 0 heterocycles. The fourth-order valence-electron chi connectivity index (χ4n) is 3.77. The minimum Gasteiger partial charge on any atom is -0.445 e. The Morgan fingerprint density at radius 3 is 2.57 bits per heavy atom. The highest BCUT2D eigenvalue weighted by molar-refractivity contribution is 5.67. The summed E-state index contributed by atoms with van der Waals surface area (Å²) in [6, 6.07) is 11.2. The van der Waals surface area contributed by atoms with E-state index >= 15 is 0 Å². The number of carbonyl (C=O) groups is 1. The number of hydrogen-bond acceptors (Lipinski definition) is 3. The Balaban J connectivity index is 1.30. The summed E-state index contributed by atoms with van der Waals surface area (Å²) < 4.78 is 5.26. The van der Waals surface area contributed by atoms with E-state index in [4.69, 9.17) is 4.74 Å². The SMILES string of the molecule is C[C@@H](NC1CC(NC(=O)OCc2ccccc2)C1)C1CCCC1. The molecule has 0 spiro atoms. The fourth-order valence-corrected chi connectivity index (χ4v) is 3.77. The second-order valence-electron chi connectivity index (χ2n) is 7.07. The molecular formula is C19H28N2O2. The van der Waals surface area contributed by atoms with Crippen molar-refractivity contribution in [2.75, 3.05) is 0 Å². The monoisotopic (exact) mass is 316 g/mol. The first-order valence-electron chi connectivity index (χ1n) is 8.94. The van der Waals surface area contributed by atoms with Gasteiger partial charge in [-0.3, -0.25) is 0 Å². The highest BCUT2D eigenvalue weighted by Gasteiger charge is 2.33. The van der Waals surface area contributed by atoms with Crippen LogP contribution in [-0.2, 0) is 11.3 Å². The van der Waals surface area contributed by atoms with E-state index in [1.54, 1.807) is 0 Å². The third kappa shape index (κ3) is 4.71. The first-order chi connectivity index (χ1) is 11.2. The van der Waals surface area contributed by atoms with E-state index in [1.165, 1.54) is 25.7 Å². The van der Waals surface area contributed by atoms with Crippen LogP contribution in [0.25, 0.3) is 0 Å². The van der Waals surface area contributed by atoms with Gasteiger partial charge in [-0.05, 0) is 44.1 Å². The summed E-state index contributed by atoms with van der Waals surface area (Å²) in [4.78, 5) is 11.8. The lowest BCUT2D eigenvalue weighted by Crippen LogP contribution is -2.55. The third-order valence-corrected chi connectivity index (χ3v) is 5.28. The quantitative estimate of drug-likeness (QED) is 0.843. The molecule has 2 saturated carbocycles. The van der Waals surface area contributed by atoms with Crippen molar-refractivity contribution in [1.29, 1.82) is 0 Å². The molecule has 2 fully saturated rings. The van der Waals surface area contributed by atoms with Crippen molar-refractivity contribution < 1.29 is 9.53 Å². The van der Waals surface area contributed by atoms with Crippen LogP contribution in [0.3, 0.4) is 0 Å². The smallest absolute Gasteiger partial charge is 0.407 e. The van der Waals surface area contributed by atoms with Gasteiger partial charge in [0.15, 0.2) is 0 Å². The summed E-state index contributed by atoms with van der Waals surface area (Å²) in [5.41, 5.74) is 1.01. The average Bonchev–Trinajstić information content (AvgIpc) is 3.06. The zero-order valence-corrected chi connectivity index (χ0v) is 14.0. The van der Waals surface area contributed by atoms with Gasteiger partial charge < -0.3 is 15.4 Å². The van der Waals surface area contributed by atoms with Crippen LogP contribution in [-0.4, -0.2) is 24.2 Å². The molecule has 0 bridgehead atoms. The minimum absolute atomic E-state index is 0.256. The lowest BCUT2D eigenvalue weighted by Gasteiger charge is -2.39. The first-order valence-corrected chi connectivity index (χ1v) is 8.94. The predicted octanol–water partition coefficient (Wildman–Crippen LogP) is 3.61. The van der Waals surface area contributed by atoms with Crippen LogP contribution in [0.2, 0.25) is 0 Å². The lowest BCUT2D eigenvalue weighted by molar-refractivity contribution is 0.123. The molecule has 3 rings (SSSR count). The number of amides is 1. The van der Waals surface area contributed by atoms with E-state index in [0.717, 1.165) is 24.3 Å². The maximum Gasteiger partial charge on any atom is 0.407 e. The number of benzene rings is 1. The van der Waals surface area contributed by atoms with E-state index in [9.17, 15) is 4.79 Å². The molecule has 2 aliphatic rings. The van der Waals surface area contributed by atoms with Crippen LogP contribution in [0.1, 0.15) is 51.0 Å². The van der Waals surface area contributed by atoms with E-state index in [0.29, 0.717) is 18.7 Å². The average molecular weight is 316 g/mol. The van der Waals surface area contributed by atoms with Crippen LogP contribution in [0, 0.1) is 5.92 Å². The molecule has 2 N–H and O–H groups in total. The van der Waals surface area contributed by atoms with Gasteiger partial charge in [0.2, 0.25) is 0 Å². The van der Waals surface area contributed by atoms with Crippen molar-refractivity contribution in [3.8, 4) is 0 Å². The molecule has 1 atom stereocenters. The van der Waals surface area contributed by atoms with Crippen LogP contribution in [0.5, 0.6) is 0 Å².